The van der Waals surface area contributed by atoms with Gasteiger partial charge in [-0.2, -0.15) is 0 Å². The Bertz CT molecular complexity index is 849. The number of ether oxygens (including phenoxy) is 1. The van der Waals surface area contributed by atoms with Gasteiger partial charge >= 0.3 is 12.1 Å². The third-order valence-corrected chi connectivity index (χ3v) is 5.81. The standard InChI is InChI=1S/C23H27NO5/c1-13(2)14(3)21(25)20(22(26)27)24-23(28)29-12-19-17-10-6-4-8-15(17)16-9-5-7-11-18(16)19/h4-11,13-14,19-21,25H,12H2,1-3H3,(H,24,28)(H,26,27)/t14-,20-,21+/m1/s1. The third-order valence-electron chi connectivity index (χ3n) is 5.81. The fraction of sp³-hybridized carbons (Fsp3) is 0.391. The van der Waals surface area contributed by atoms with E-state index in [2.05, 4.69) is 5.32 Å². The van der Waals surface area contributed by atoms with Crippen molar-refractivity contribution in [3.05, 3.63) is 59.7 Å². The van der Waals surface area contributed by atoms with Gasteiger partial charge in [0.1, 0.15) is 6.61 Å². The number of carbonyl (C=O) groups excluding carboxylic acids is 1. The number of aliphatic hydroxyl groups excluding tert-OH is 1. The van der Waals surface area contributed by atoms with Crippen LogP contribution in [-0.4, -0.2) is 41.0 Å². The predicted molar refractivity (Wildman–Crippen MR) is 110 cm³/mol. The lowest BCUT2D eigenvalue weighted by Gasteiger charge is -2.27. The lowest BCUT2D eigenvalue weighted by Crippen LogP contribution is -2.52. The van der Waals surface area contributed by atoms with Crippen molar-refractivity contribution in [2.75, 3.05) is 6.61 Å². The molecule has 2 aromatic carbocycles. The van der Waals surface area contributed by atoms with Gasteiger partial charge < -0.3 is 20.3 Å². The average molecular weight is 397 g/mol. The highest BCUT2D eigenvalue weighted by Crippen LogP contribution is 2.44. The first-order valence-electron chi connectivity index (χ1n) is 9.83. The highest BCUT2D eigenvalue weighted by molar-refractivity contribution is 5.81. The molecule has 6 heteroatoms. The minimum absolute atomic E-state index is 0.0659. The van der Waals surface area contributed by atoms with E-state index >= 15 is 0 Å². The lowest BCUT2D eigenvalue weighted by molar-refractivity contribution is -0.143. The second-order valence-electron chi connectivity index (χ2n) is 7.88. The summed E-state index contributed by atoms with van der Waals surface area (Å²) in [5.41, 5.74) is 4.37. The zero-order chi connectivity index (χ0) is 21.1. The molecule has 0 radical (unpaired) electrons. The van der Waals surface area contributed by atoms with E-state index in [1.807, 2.05) is 62.4 Å². The number of hydrogen-bond acceptors (Lipinski definition) is 4. The molecule has 2 aromatic rings. The predicted octanol–water partition coefficient (Wildman–Crippen LogP) is 3.63. The first-order chi connectivity index (χ1) is 13.8. The summed E-state index contributed by atoms with van der Waals surface area (Å²) in [7, 11) is 0. The van der Waals surface area contributed by atoms with Crippen molar-refractivity contribution in [3.63, 3.8) is 0 Å². The van der Waals surface area contributed by atoms with Crippen molar-refractivity contribution in [3.8, 4) is 11.1 Å². The molecule has 0 fully saturated rings. The Morgan fingerprint density at radius 2 is 1.52 bits per heavy atom. The van der Waals surface area contributed by atoms with Crippen molar-refractivity contribution in [2.24, 2.45) is 11.8 Å². The fourth-order valence-electron chi connectivity index (χ4n) is 3.76. The van der Waals surface area contributed by atoms with Crippen LogP contribution < -0.4 is 5.32 Å². The van der Waals surface area contributed by atoms with E-state index in [-0.39, 0.29) is 24.4 Å². The molecule has 6 nitrogen and oxygen atoms in total. The number of benzene rings is 2. The topological polar surface area (TPSA) is 95.9 Å². The monoisotopic (exact) mass is 397 g/mol. The molecule has 3 rings (SSSR count). The normalized spacial score (nSPS) is 15.9. The van der Waals surface area contributed by atoms with Crippen LogP contribution in [0.3, 0.4) is 0 Å². The van der Waals surface area contributed by atoms with Crippen LogP contribution in [0.25, 0.3) is 11.1 Å². The molecule has 0 heterocycles. The number of nitrogens with one attached hydrogen (secondary N) is 1. The summed E-state index contributed by atoms with van der Waals surface area (Å²) in [4.78, 5) is 23.9. The zero-order valence-corrected chi connectivity index (χ0v) is 16.8. The number of amides is 1. The van der Waals surface area contributed by atoms with Crippen LogP contribution in [-0.2, 0) is 9.53 Å². The first kappa shape index (κ1) is 20.9. The maximum Gasteiger partial charge on any atom is 0.407 e. The molecule has 29 heavy (non-hydrogen) atoms. The first-order valence-corrected chi connectivity index (χ1v) is 9.83. The molecule has 0 unspecified atom stereocenters. The number of aliphatic carboxylic acids is 1. The van der Waals surface area contributed by atoms with Gasteiger partial charge in [0.15, 0.2) is 6.04 Å². The van der Waals surface area contributed by atoms with Crippen LogP contribution >= 0.6 is 0 Å². The number of fused-ring (bicyclic) bond motifs is 3. The quantitative estimate of drug-likeness (QED) is 0.663. The van der Waals surface area contributed by atoms with Gasteiger partial charge in [-0.15, -0.1) is 0 Å². The lowest BCUT2D eigenvalue weighted by atomic mass is 9.88. The molecular formula is C23H27NO5. The number of rotatable bonds is 7. The Morgan fingerprint density at radius 1 is 1.00 bits per heavy atom. The molecule has 0 spiro atoms. The molecule has 0 saturated heterocycles. The molecular weight excluding hydrogens is 370 g/mol. The van der Waals surface area contributed by atoms with Gasteiger partial charge in [-0.25, -0.2) is 9.59 Å². The number of alkyl carbamates (subject to hydrolysis) is 1. The summed E-state index contributed by atoms with van der Waals surface area (Å²) >= 11 is 0. The van der Waals surface area contributed by atoms with E-state index in [0.29, 0.717) is 0 Å². The van der Waals surface area contributed by atoms with E-state index in [1.165, 1.54) is 0 Å². The molecule has 0 saturated carbocycles. The molecule has 0 bridgehead atoms. The van der Waals surface area contributed by atoms with E-state index in [1.54, 1.807) is 6.92 Å². The highest BCUT2D eigenvalue weighted by Gasteiger charge is 2.34. The Morgan fingerprint density at radius 3 is 2.00 bits per heavy atom. The van der Waals surface area contributed by atoms with E-state index in [9.17, 15) is 19.8 Å². The number of carbonyl (C=O) groups is 2. The van der Waals surface area contributed by atoms with Gasteiger partial charge in [0, 0.05) is 5.92 Å². The van der Waals surface area contributed by atoms with Crippen molar-refractivity contribution in [2.45, 2.75) is 38.8 Å². The van der Waals surface area contributed by atoms with Crippen LogP contribution in [0.1, 0.15) is 37.8 Å². The van der Waals surface area contributed by atoms with Crippen LogP contribution in [0.2, 0.25) is 0 Å². The summed E-state index contributed by atoms with van der Waals surface area (Å²) in [6.07, 6.45) is -2.07. The number of hydrogen-bond donors (Lipinski definition) is 3. The highest BCUT2D eigenvalue weighted by atomic mass is 16.5. The van der Waals surface area contributed by atoms with Gasteiger partial charge in [-0.05, 0) is 34.1 Å². The van der Waals surface area contributed by atoms with E-state index in [0.717, 1.165) is 22.3 Å². The van der Waals surface area contributed by atoms with Gasteiger partial charge in [0.05, 0.1) is 6.10 Å². The average Bonchev–Trinajstić information content (AvgIpc) is 3.03. The molecule has 154 valence electrons. The van der Waals surface area contributed by atoms with Crippen LogP contribution in [0.4, 0.5) is 4.79 Å². The largest absolute Gasteiger partial charge is 0.480 e. The Kier molecular flexibility index (Phi) is 6.23. The third kappa shape index (κ3) is 4.27. The molecule has 0 aliphatic heterocycles. The molecule has 1 amide bonds. The molecule has 1 aliphatic rings. The fourth-order valence-corrected chi connectivity index (χ4v) is 3.76. The molecule has 3 N–H and O–H groups in total. The van der Waals surface area contributed by atoms with Crippen molar-refractivity contribution in [1.82, 2.24) is 5.32 Å². The van der Waals surface area contributed by atoms with Crippen molar-refractivity contribution < 1.29 is 24.5 Å². The maximum absolute atomic E-state index is 12.3. The maximum atomic E-state index is 12.3. The molecule has 3 atom stereocenters. The Labute approximate surface area is 170 Å². The SMILES string of the molecule is CC(C)[C@@H](C)[C@H](O)[C@@H](NC(=O)OCC1c2ccccc2-c2ccccc21)C(=O)O. The molecule has 1 aliphatic carbocycles. The van der Waals surface area contributed by atoms with Gasteiger partial charge in [-0.1, -0.05) is 69.3 Å². The van der Waals surface area contributed by atoms with Crippen LogP contribution in [0, 0.1) is 11.8 Å². The second kappa shape index (κ2) is 8.66. The van der Waals surface area contributed by atoms with Gasteiger partial charge in [0.2, 0.25) is 0 Å². The van der Waals surface area contributed by atoms with Gasteiger partial charge in [-0.3, -0.25) is 0 Å². The van der Waals surface area contributed by atoms with Crippen LogP contribution in [0.15, 0.2) is 48.5 Å². The molecule has 0 aromatic heterocycles. The smallest absolute Gasteiger partial charge is 0.407 e. The number of carboxylic acid groups (broad SMARTS) is 1. The second-order valence-corrected chi connectivity index (χ2v) is 7.88. The summed E-state index contributed by atoms with van der Waals surface area (Å²) in [6.45, 7) is 5.62. The summed E-state index contributed by atoms with van der Waals surface area (Å²) in [5, 5.41) is 22.1. The number of aliphatic hydroxyl groups is 1. The van der Waals surface area contributed by atoms with Gasteiger partial charge in [0.25, 0.3) is 0 Å². The van der Waals surface area contributed by atoms with E-state index in [4.69, 9.17) is 4.74 Å². The minimum Gasteiger partial charge on any atom is -0.480 e. The Hall–Kier alpha value is -2.86. The summed E-state index contributed by atoms with van der Waals surface area (Å²) < 4.78 is 5.39. The summed E-state index contributed by atoms with van der Waals surface area (Å²) in [6, 6.07) is 14.5. The van der Waals surface area contributed by atoms with Crippen LogP contribution in [0.5, 0.6) is 0 Å². The number of carboxylic acids is 1. The Balaban J connectivity index is 1.70. The zero-order valence-electron chi connectivity index (χ0n) is 16.8. The van der Waals surface area contributed by atoms with E-state index < -0.39 is 24.2 Å². The van der Waals surface area contributed by atoms with Crippen molar-refractivity contribution >= 4 is 12.1 Å². The summed E-state index contributed by atoms with van der Waals surface area (Å²) in [5.74, 6) is -1.64. The van der Waals surface area contributed by atoms with Crippen molar-refractivity contribution in [1.29, 1.82) is 0 Å². The minimum atomic E-state index is -1.43.